The van der Waals surface area contributed by atoms with Gasteiger partial charge in [-0.05, 0) is 106 Å². The van der Waals surface area contributed by atoms with Crippen molar-refractivity contribution in [2.75, 3.05) is 0 Å². The van der Waals surface area contributed by atoms with Crippen molar-refractivity contribution in [2.24, 2.45) is 39.4 Å². The average Bonchev–Trinajstić information content (AvgIpc) is 3.17. The molecule has 9 nitrogen and oxygen atoms in total. The predicted molar refractivity (Wildman–Crippen MR) is 170 cm³/mol. The molecule has 4 rings (SSSR count). The fourth-order valence-electron chi connectivity index (χ4n) is 10.7. The van der Waals surface area contributed by atoms with Crippen LogP contribution in [0.15, 0.2) is 11.1 Å². The van der Waals surface area contributed by atoms with Gasteiger partial charge in [-0.25, -0.2) is 0 Å². The van der Waals surface area contributed by atoms with Crippen molar-refractivity contribution in [1.82, 2.24) is 0 Å². The van der Waals surface area contributed by atoms with E-state index in [0.29, 0.717) is 19.3 Å². The van der Waals surface area contributed by atoms with Crippen molar-refractivity contribution < 1.29 is 45.0 Å². The number of aliphatic hydroxyl groups excluding tert-OH is 3. The largest absolute Gasteiger partial charge is 0.481 e. The molecule has 258 valence electrons. The van der Waals surface area contributed by atoms with Gasteiger partial charge in [-0.2, -0.15) is 0 Å². The minimum atomic E-state index is -1.76. The lowest BCUT2D eigenvalue weighted by Gasteiger charge is -2.64. The predicted octanol–water partition coefficient (Wildman–Crippen LogP) is 4.75. The Balaban J connectivity index is 1.64. The van der Waals surface area contributed by atoms with E-state index in [2.05, 4.69) is 27.7 Å². The summed E-state index contributed by atoms with van der Waals surface area (Å²) in [6.07, 6.45) is 1.63. The van der Waals surface area contributed by atoms with Gasteiger partial charge in [0.2, 0.25) is 0 Å². The van der Waals surface area contributed by atoms with Crippen LogP contribution in [0.5, 0.6) is 0 Å². The highest BCUT2D eigenvalue weighted by molar-refractivity contribution is 5.74. The van der Waals surface area contributed by atoms with Crippen molar-refractivity contribution in [3.8, 4) is 0 Å². The lowest BCUT2D eigenvalue weighted by molar-refractivity contribution is -0.193. The molecule has 0 bridgehead atoms. The van der Waals surface area contributed by atoms with E-state index in [1.165, 1.54) is 18.1 Å². The molecule has 2 fully saturated rings. The van der Waals surface area contributed by atoms with Gasteiger partial charge in [-0.3, -0.25) is 9.59 Å². The van der Waals surface area contributed by atoms with Crippen LogP contribution in [0.3, 0.4) is 0 Å². The van der Waals surface area contributed by atoms with E-state index in [1.54, 1.807) is 13.8 Å². The van der Waals surface area contributed by atoms with Crippen LogP contribution in [0.1, 0.15) is 127 Å². The monoisotopic (exact) mass is 636 g/mol. The number of carboxylic acids is 1. The molecule has 0 aromatic carbocycles. The zero-order valence-corrected chi connectivity index (χ0v) is 29.0. The average molecular weight is 637 g/mol. The maximum Gasteiger partial charge on any atom is 0.309 e. The summed E-state index contributed by atoms with van der Waals surface area (Å²) in [5, 5.41) is 64.0. The smallest absolute Gasteiger partial charge is 0.309 e. The molecule has 4 aliphatic carbocycles. The second-order valence-electron chi connectivity index (χ2n) is 17.4. The Morgan fingerprint density at radius 3 is 2.18 bits per heavy atom. The molecule has 6 N–H and O–H groups in total. The van der Waals surface area contributed by atoms with Gasteiger partial charge in [-0.15, -0.1) is 0 Å². The van der Waals surface area contributed by atoms with Gasteiger partial charge in [0.15, 0.2) is 0 Å². The van der Waals surface area contributed by atoms with Crippen LogP contribution < -0.4 is 0 Å². The van der Waals surface area contributed by atoms with Crippen LogP contribution in [-0.4, -0.2) is 78.2 Å². The van der Waals surface area contributed by atoms with Gasteiger partial charge in [0.1, 0.15) is 6.10 Å². The molecule has 2 saturated carbocycles. The molecule has 45 heavy (non-hydrogen) atoms. The van der Waals surface area contributed by atoms with Crippen molar-refractivity contribution in [2.45, 2.75) is 162 Å². The molecule has 0 aliphatic heterocycles. The van der Waals surface area contributed by atoms with Gasteiger partial charge in [0, 0.05) is 5.41 Å². The number of hydrogen-bond donors (Lipinski definition) is 6. The summed E-state index contributed by atoms with van der Waals surface area (Å²) in [7, 11) is 0. The third-order valence-corrected chi connectivity index (χ3v) is 13.6. The number of aliphatic hydroxyl groups is 5. The molecular weight excluding hydrogens is 576 g/mol. The first-order valence-electron chi connectivity index (χ1n) is 17.0. The molecule has 0 saturated heterocycles. The molecule has 4 aliphatic rings. The van der Waals surface area contributed by atoms with E-state index in [9.17, 15) is 35.1 Å². The molecule has 0 aromatic rings. The van der Waals surface area contributed by atoms with Crippen LogP contribution in [0.25, 0.3) is 0 Å². The summed E-state index contributed by atoms with van der Waals surface area (Å²) in [6.45, 7) is 17.6. The minimum Gasteiger partial charge on any atom is -0.481 e. The zero-order chi connectivity index (χ0) is 34.1. The first-order chi connectivity index (χ1) is 20.4. The number of aliphatic carboxylic acids is 1. The van der Waals surface area contributed by atoms with Crippen molar-refractivity contribution in [3.63, 3.8) is 0 Å². The van der Waals surface area contributed by atoms with Crippen LogP contribution in [-0.2, 0) is 14.3 Å². The van der Waals surface area contributed by atoms with E-state index >= 15 is 0 Å². The Morgan fingerprint density at radius 2 is 1.60 bits per heavy atom. The molecule has 0 aromatic heterocycles. The van der Waals surface area contributed by atoms with E-state index < -0.39 is 71.2 Å². The first kappa shape index (κ1) is 36.3. The van der Waals surface area contributed by atoms with E-state index in [4.69, 9.17) is 9.84 Å². The van der Waals surface area contributed by atoms with Crippen LogP contribution in [0.2, 0.25) is 0 Å². The molecule has 11 atom stereocenters. The zero-order valence-electron chi connectivity index (χ0n) is 29.0. The Bertz CT molecular complexity index is 1180. The third kappa shape index (κ3) is 6.14. The molecule has 0 radical (unpaired) electrons. The number of hydrogen-bond acceptors (Lipinski definition) is 8. The van der Waals surface area contributed by atoms with E-state index in [0.717, 1.165) is 32.1 Å². The van der Waals surface area contributed by atoms with E-state index in [1.807, 2.05) is 13.8 Å². The number of esters is 1. The lowest BCUT2D eigenvalue weighted by Crippen LogP contribution is -2.62. The van der Waals surface area contributed by atoms with Crippen molar-refractivity contribution >= 4 is 11.9 Å². The fraction of sp³-hybridized carbons (Fsp3) is 0.889. The highest BCUT2D eigenvalue weighted by Gasteiger charge is 2.67. The Kier molecular flexibility index (Phi) is 9.58. The molecular formula is C36H60O9. The standard InChI is InChI=1S/C36H60O9/c1-20(10-13-26(37)32(4,5)43)21-14-15-35(8)22-11-12-25-31(2,3)30(42)24(45-29(41)19-33(6,44)18-28(39)40)17-34(25,7)23(22)16-27(38)36(21,35)9/h20-21,24-27,30,37-38,42-44H,10-19H2,1-9H3,(H,39,40). The molecule has 0 heterocycles. The number of carboxylic acid groups (broad SMARTS) is 1. The lowest BCUT2D eigenvalue weighted by atomic mass is 9.42. The van der Waals surface area contributed by atoms with Gasteiger partial charge in [0.25, 0.3) is 0 Å². The third-order valence-electron chi connectivity index (χ3n) is 13.6. The van der Waals surface area contributed by atoms with Crippen LogP contribution in [0, 0.1) is 39.4 Å². The Labute approximate surface area is 269 Å². The maximum atomic E-state index is 13.0. The summed E-state index contributed by atoms with van der Waals surface area (Å²) in [5.74, 6) is -1.34. The first-order valence-corrected chi connectivity index (χ1v) is 17.0. The van der Waals surface area contributed by atoms with Crippen LogP contribution in [0.4, 0.5) is 0 Å². The molecule has 0 amide bonds. The topological polar surface area (TPSA) is 165 Å². The number of carbonyl (C=O) groups is 2. The summed E-state index contributed by atoms with van der Waals surface area (Å²) in [6, 6.07) is 0. The fourth-order valence-corrected chi connectivity index (χ4v) is 10.7. The summed E-state index contributed by atoms with van der Waals surface area (Å²) in [4.78, 5) is 24.2. The summed E-state index contributed by atoms with van der Waals surface area (Å²) >= 11 is 0. The number of fused-ring (bicyclic) bond motifs is 4. The number of ether oxygens (including phenoxy) is 1. The number of rotatable bonds is 10. The van der Waals surface area contributed by atoms with Gasteiger partial charge >= 0.3 is 11.9 Å². The minimum absolute atomic E-state index is 0.100. The van der Waals surface area contributed by atoms with Crippen molar-refractivity contribution in [3.05, 3.63) is 11.1 Å². The maximum absolute atomic E-state index is 13.0. The number of allylic oxidation sites excluding steroid dienone is 1. The second kappa shape index (κ2) is 11.9. The Morgan fingerprint density at radius 1 is 0.978 bits per heavy atom. The number of carbonyl (C=O) groups excluding carboxylic acids is 1. The van der Waals surface area contributed by atoms with Crippen LogP contribution >= 0.6 is 0 Å². The second-order valence-corrected chi connectivity index (χ2v) is 17.4. The normalized spacial score (nSPS) is 40.4. The Hall–Kier alpha value is -1.52. The quantitative estimate of drug-likeness (QED) is 0.147. The molecule has 0 spiro atoms. The van der Waals surface area contributed by atoms with Gasteiger partial charge < -0.3 is 35.4 Å². The molecule has 9 heteroatoms. The highest BCUT2D eigenvalue weighted by Crippen LogP contribution is 2.72. The summed E-state index contributed by atoms with van der Waals surface area (Å²) < 4.78 is 5.86. The SMILES string of the molecule is CC(CCC(O)C(C)(C)O)C1CCC2(C)C3=C(CC(O)C12C)C1(C)CC(OC(=O)CC(C)(O)CC(=O)O)C(O)C(C)(C)C1CC3. The summed E-state index contributed by atoms with van der Waals surface area (Å²) in [5.41, 5.74) is -1.91. The highest BCUT2D eigenvalue weighted by atomic mass is 16.6. The molecule has 11 unspecified atom stereocenters. The van der Waals surface area contributed by atoms with Crippen molar-refractivity contribution in [1.29, 1.82) is 0 Å². The van der Waals surface area contributed by atoms with E-state index in [-0.39, 0.29) is 28.6 Å². The van der Waals surface area contributed by atoms with Gasteiger partial charge in [0.05, 0.1) is 42.4 Å². The van der Waals surface area contributed by atoms with Gasteiger partial charge in [-0.1, -0.05) is 52.7 Å².